The lowest BCUT2D eigenvalue weighted by Crippen LogP contribution is -2.36. The van der Waals surface area contributed by atoms with Crippen LogP contribution >= 0.6 is 0 Å². The van der Waals surface area contributed by atoms with Crippen LogP contribution in [0, 0.1) is 0 Å². The van der Waals surface area contributed by atoms with Crippen LogP contribution in [0.3, 0.4) is 0 Å². The molecule has 0 spiro atoms. The highest BCUT2D eigenvalue weighted by molar-refractivity contribution is 6.06. The quantitative estimate of drug-likeness (QED) is 0.383. The minimum atomic E-state index is -0.770. The van der Waals surface area contributed by atoms with Crippen LogP contribution in [-0.2, 0) is 16.1 Å². The minimum Gasteiger partial charge on any atom is -0.486 e. The highest BCUT2D eigenvalue weighted by Gasteiger charge is 2.20. The molecule has 1 aromatic carbocycles. The predicted octanol–water partition coefficient (Wildman–Crippen LogP) is 3.73. The number of nitrogens with one attached hydrogen (secondary N) is 1. The molecule has 0 fully saturated rings. The number of nitrogens with zero attached hydrogens (tertiary/aromatic N) is 1. The summed E-state index contributed by atoms with van der Waals surface area (Å²) in [5.74, 6) is -1.98. The van der Waals surface area contributed by atoms with Crippen LogP contribution in [0.1, 0.15) is 60.0 Å². The van der Waals surface area contributed by atoms with Crippen molar-refractivity contribution in [1.29, 1.82) is 0 Å². The van der Waals surface area contributed by atoms with E-state index in [-0.39, 0.29) is 36.8 Å². The zero-order valence-electron chi connectivity index (χ0n) is 19.8. The van der Waals surface area contributed by atoms with E-state index in [1.54, 1.807) is 0 Å². The van der Waals surface area contributed by atoms with E-state index in [9.17, 15) is 14.4 Å². The van der Waals surface area contributed by atoms with E-state index in [2.05, 4.69) is 30.2 Å². The number of allylic oxidation sites excluding steroid dienone is 3. The zero-order valence-corrected chi connectivity index (χ0v) is 19.8. The minimum absolute atomic E-state index is 0.0501. The van der Waals surface area contributed by atoms with Gasteiger partial charge in [0.2, 0.25) is 5.91 Å². The summed E-state index contributed by atoms with van der Waals surface area (Å²) in [7, 11) is 0. The molecular formula is C26H31N3O5. The van der Waals surface area contributed by atoms with Gasteiger partial charge in [-0.1, -0.05) is 47.6 Å². The lowest BCUT2D eigenvalue weighted by Gasteiger charge is -2.12. The second-order valence-corrected chi connectivity index (χ2v) is 7.90. The molecule has 34 heavy (non-hydrogen) atoms. The molecule has 0 aliphatic rings. The fraction of sp³-hybridized carbons (Fsp3) is 0.308. The van der Waals surface area contributed by atoms with Crippen LogP contribution in [0.15, 0.2) is 65.9 Å². The van der Waals surface area contributed by atoms with E-state index in [1.807, 2.05) is 43.3 Å². The number of benzene rings is 1. The number of pyridine rings is 1. The van der Waals surface area contributed by atoms with Crippen LogP contribution in [-0.4, -0.2) is 35.9 Å². The van der Waals surface area contributed by atoms with Crippen LogP contribution < -0.4 is 15.8 Å². The summed E-state index contributed by atoms with van der Waals surface area (Å²) in [6.45, 7) is 6.00. The molecule has 180 valence electrons. The molecule has 0 aliphatic carbocycles. The average Bonchev–Trinajstić information content (AvgIpc) is 2.82. The van der Waals surface area contributed by atoms with Crippen molar-refractivity contribution in [2.24, 2.45) is 5.73 Å². The normalized spacial score (nSPS) is 10.9. The predicted molar refractivity (Wildman–Crippen MR) is 129 cm³/mol. The molecule has 0 bridgehead atoms. The Kier molecular flexibility index (Phi) is 10.7. The molecule has 0 atom stereocenters. The highest BCUT2D eigenvalue weighted by atomic mass is 16.5. The molecule has 8 nitrogen and oxygen atoms in total. The van der Waals surface area contributed by atoms with Gasteiger partial charge in [0.15, 0.2) is 11.4 Å². The molecule has 2 aromatic rings. The first kappa shape index (κ1) is 26.5. The number of rotatable bonds is 11. The third-order valence-corrected chi connectivity index (χ3v) is 4.72. The third-order valence-electron chi connectivity index (χ3n) is 4.72. The monoisotopic (exact) mass is 465 g/mol. The van der Waals surface area contributed by atoms with Gasteiger partial charge in [0.1, 0.15) is 13.2 Å². The molecule has 0 saturated heterocycles. The van der Waals surface area contributed by atoms with Crippen LogP contribution in [0.4, 0.5) is 0 Å². The number of hydrogen-bond donors (Lipinski definition) is 2. The van der Waals surface area contributed by atoms with Crippen LogP contribution in [0.25, 0.3) is 0 Å². The Balaban J connectivity index is 2.12. The SMILES string of the molecule is CC(C)=CCC/C(C)=C/COC(=O)c1cnc(C(=O)NC(=O)CN)c(OCc2ccccc2)c1. The van der Waals surface area contributed by atoms with Gasteiger partial charge in [0, 0.05) is 6.20 Å². The Morgan fingerprint density at radius 2 is 1.82 bits per heavy atom. The van der Waals surface area contributed by atoms with Crippen LogP contribution in [0.2, 0.25) is 0 Å². The number of amides is 2. The van der Waals surface area contributed by atoms with Gasteiger partial charge >= 0.3 is 5.97 Å². The van der Waals surface area contributed by atoms with E-state index in [0.717, 1.165) is 24.0 Å². The summed E-state index contributed by atoms with van der Waals surface area (Å²) in [6, 6.07) is 10.7. The molecule has 2 rings (SSSR count). The summed E-state index contributed by atoms with van der Waals surface area (Å²) >= 11 is 0. The first-order valence-corrected chi connectivity index (χ1v) is 11.0. The van der Waals surface area contributed by atoms with Crippen molar-refractivity contribution in [3.8, 4) is 5.75 Å². The second-order valence-electron chi connectivity index (χ2n) is 7.90. The molecule has 1 heterocycles. The molecule has 2 amide bonds. The number of hydrogen-bond acceptors (Lipinski definition) is 7. The summed E-state index contributed by atoms with van der Waals surface area (Å²) in [6.07, 6.45) is 7.04. The van der Waals surface area contributed by atoms with Gasteiger partial charge in [-0.25, -0.2) is 9.78 Å². The number of aromatic nitrogens is 1. The van der Waals surface area contributed by atoms with E-state index >= 15 is 0 Å². The molecule has 0 radical (unpaired) electrons. The molecular weight excluding hydrogens is 434 g/mol. The van der Waals surface area contributed by atoms with Gasteiger partial charge in [0.25, 0.3) is 5.91 Å². The lowest BCUT2D eigenvalue weighted by molar-refractivity contribution is -0.118. The Morgan fingerprint density at radius 3 is 2.50 bits per heavy atom. The van der Waals surface area contributed by atoms with Crippen LogP contribution in [0.5, 0.6) is 5.75 Å². The Labute approximate surface area is 199 Å². The molecule has 0 unspecified atom stereocenters. The summed E-state index contributed by atoms with van der Waals surface area (Å²) in [5.41, 5.74) is 8.49. The lowest BCUT2D eigenvalue weighted by atomic mass is 10.1. The molecule has 0 saturated carbocycles. The van der Waals surface area contributed by atoms with Gasteiger partial charge in [-0.05, 0) is 51.3 Å². The summed E-state index contributed by atoms with van der Waals surface area (Å²) < 4.78 is 11.1. The molecule has 3 N–H and O–H groups in total. The van der Waals surface area contributed by atoms with Crippen molar-refractivity contribution in [2.45, 2.75) is 40.2 Å². The van der Waals surface area contributed by atoms with Gasteiger partial charge in [-0.15, -0.1) is 0 Å². The average molecular weight is 466 g/mol. The first-order chi connectivity index (χ1) is 16.3. The van der Waals surface area contributed by atoms with Gasteiger partial charge in [-0.2, -0.15) is 0 Å². The number of ether oxygens (including phenoxy) is 2. The maximum atomic E-state index is 12.5. The largest absolute Gasteiger partial charge is 0.486 e. The summed E-state index contributed by atoms with van der Waals surface area (Å²) in [4.78, 5) is 40.6. The Hall–Kier alpha value is -3.78. The molecule has 1 aromatic heterocycles. The van der Waals surface area contributed by atoms with Gasteiger partial charge < -0.3 is 15.2 Å². The molecule has 8 heteroatoms. The first-order valence-electron chi connectivity index (χ1n) is 11.0. The van der Waals surface area contributed by atoms with Crippen molar-refractivity contribution < 1.29 is 23.9 Å². The van der Waals surface area contributed by atoms with Gasteiger partial charge in [-0.3, -0.25) is 14.9 Å². The Bertz CT molecular complexity index is 1060. The fourth-order valence-corrected chi connectivity index (χ4v) is 2.84. The maximum absolute atomic E-state index is 12.5. The van der Waals surface area contributed by atoms with Crippen molar-refractivity contribution in [1.82, 2.24) is 10.3 Å². The van der Waals surface area contributed by atoms with E-state index in [4.69, 9.17) is 15.2 Å². The zero-order chi connectivity index (χ0) is 24.9. The molecule has 0 aliphatic heterocycles. The Morgan fingerprint density at radius 1 is 1.09 bits per heavy atom. The van der Waals surface area contributed by atoms with E-state index in [0.29, 0.717) is 0 Å². The highest BCUT2D eigenvalue weighted by Crippen LogP contribution is 2.20. The third kappa shape index (κ3) is 8.99. The smallest absolute Gasteiger partial charge is 0.340 e. The number of carbonyl (C=O) groups is 3. The number of carbonyl (C=O) groups excluding carboxylic acids is 3. The maximum Gasteiger partial charge on any atom is 0.340 e. The second kappa shape index (κ2) is 13.7. The standard InChI is InChI=1S/C26H31N3O5/c1-18(2)8-7-9-19(3)12-13-33-26(32)21-14-22(34-17-20-10-5-4-6-11-20)24(28-16-21)25(31)29-23(30)15-27/h4-6,8,10-12,14,16H,7,9,13,15,17,27H2,1-3H3,(H,29,30,31)/b19-12+. The fourth-order valence-electron chi connectivity index (χ4n) is 2.84. The van der Waals surface area contributed by atoms with Crippen molar-refractivity contribution in [3.63, 3.8) is 0 Å². The topological polar surface area (TPSA) is 121 Å². The summed E-state index contributed by atoms with van der Waals surface area (Å²) in [5, 5.41) is 2.13. The van der Waals surface area contributed by atoms with E-state index in [1.165, 1.54) is 17.8 Å². The van der Waals surface area contributed by atoms with E-state index < -0.39 is 17.8 Å². The van der Waals surface area contributed by atoms with Crippen molar-refractivity contribution in [2.75, 3.05) is 13.2 Å². The number of esters is 1. The van der Waals surface area contributed by atoms with Crippen molar-refractivity contribution >= 4 is 17.8 Å². The van der Waals surface area contributed by atoms with Crippen molar-refractivity contribution in [3.05, 3.63) is 82.7 Å². The van der Waals surface area contributed by atoms with Gasteiger partial charge in [0.05, 0.1) is 12.1 Å². The number of nitrogens with two attached hydrogens (primary N) is 1. The number of imide groups is 1.